The summed E-state index contributed by atoms with van der Waals surface area (Å²) in [6.07, 6.45) is 1.78. The third-order valence-electron chi connectivity index (χ3n) is 10.2. The lowest BCUT2D eigenvalue weighted by Crippen LogP contribution is -2.47. The number of benzene rings is 3. The topological polar surface area (TPSA) is 70.8 Å². The Hall–Kier alpha value is -4.71. The smallest absolute Gasteiger partial charge is 0.221 e. The second kappa shape index (κ2) is 11.5. The van der Waals surface area contributed by atoms with Gasteiger partial charge in [-0.3, -0.25) is 4.99 Å². The van der Waals surface area contributed by atoms with Crippen LogP contribution in [-0.2, 0) is 10.8 Å². The summed E-state index contributed by atoms with van der Waals surface area (Å²) in [5.74, 6) is 2.52. The van der Waals surface area contributed by atoms with Gasteiger partial charge in [0.1, 0.15) is 17.1 Å². The minimum Gasteiger partial charge on any atom is -0.506 e. The van der Waals surface area contributed by atoms with Crippen LogP contribution in [-0.4, -0.2) is 27.0 Å². The van der Waals surface area contributed by atoms with Crippen molar-refractivity contribution in [3.8, 4) is 17.5 Å². The Kier molecular flexibility index (Phi) is 7.61. The van der Waals surface area contributed by atoms with Crippen molar-refractivity contribution >= 4 is 22.4 Å². The first-order valence-corrected chi connectivity index (χ1v) is 17.1. The van der Waals surface area contributed by atoms with E-state index in [1.54, 1.807) is 12.3 Å². The van der Waals surface area contributed by atoms with Crippen LogP contribution >= 0.6 is 0 Å². The number of rotatable bonds is 6. The molecular formula is C42H46N4O2. The standard InChI is InChI=1S/C42H46N4O2/c1-24(2)29-14-12-15-30(25(3)4)38(29)46-39-37(31-13-10-11-16-32(31)42(39,8)9)45-40(46)27-19-20-43-35(22-27)48-34-18-17-26-21-28(41(5,6)7)23-33(47)36(26)44-34/h10-25,37,39,47H,1-9H3/t37-,39-/m0/s1. The number of para-hydroxylation sites is 1. The summed E-state index contributed by atoms with van der Waals surface area (Å²) in [5.41, 5.74) is 8.80. The van der Waals surface area contributed by atoms with E-state index >= 15 is 0 Å². The van der Waals surface area contributed by atoms with E-state index < -0.39 is 0 Å². The van der Waals surface area contributed by atoms with E-state index in [2.05, 4.69) is 126 Å². The summed E-state index contributed by atoms with van der Waals surface area (Å²) < 4.78 is 6.29. The molecule has 6 nitrogen and oxygen atoms in total. The quantitative estimate of drug-likeness (QED) is 0.200. The summed E-state index contributed by atoms with van der Waals surface area (Å²) >= 11 is 0. The SMILES string of the molecule is CC(C)c1cccc(C(C)C)c1N1C(c2ccnc(Oc3ccc4cc(C(C)(C)C)cc(O)c4n3)c2)=N[C@H]2c3ccccc3C(C)(C)[C@H]21. The maximum atomic E-state index is 10.9. The van der Waals surface area contributed by atoms with Crippen LogP contribution in [0.25, 0.3) is 10.9 Å². The Morgan fingerprint density at radius 2 is 1.54 bits per heavy atom. The number of fused-ring (bicyclic) bond motifs is 4. The predicted octanol–water partition coefficient (Wildman–Crippen LogP) is 10.3. The Balaban J connectivity index is 1.34. The number of aliphatic imine (C=N–C) groups is 1. The van der Waals surface area contributed by atoms with Gasteiger partial charge >= 0.3 is 0 Å². The number of ether oxygens (including phenoxy) is 1. The molecule has 0 saturated heterocycles. The van der Waals surface area contributed by atoms with E-state index in [0.717, 1.165) is 22.3 Å². The predicted molar refractivity (Wildman–Crippen MR) is 196 cm³/mol. The Morgan fingerprint density at radius 1 is 0.833 bits per heavy atom. The minimum atomic E-state index is -0.152. The highest BCUT2D eigenvalue weighted by Gasteiger charge is 2.54. The van der Waals surface area contributed by atoms with Crippen molar-refractivity contribution in [2.24, 2.45) is 4.99 Å². The number of hydrogen-bond donors (Lipinski definition) is 1. The Bertz CT molecular complexity index is 2040. The third kappa shape index (κ3) is 5.22. The van der Waals surface area contributed by atoms with Crippen LogP contribution in [0.1, 0.15) is 114 Å². The van der Waals surface area contributed by atoms with Crippen LogP contribution in [0.15, 0.2) is 90.1 Å². The molecule has 0 amide bonds. The average Bonchev–Trinajstić information content (AvgIpc) is 3.54. The van der Waals surface area contributed by atoms with Crippen molar-refractivity contribution in [2.45, 2.75) is 97.1 Å². The highest BCUT2D eigenvalue weighted by Crippen LogP contribution is 2.55. The van der Waals surface area contributed by atoms with Crippen LogP contribution < -0.4 is 9.64 Å². The summed E-state index contributed by atoms with van der Waals surface area (Å²) in [5, 5.41) is 11.8. The number of anilines is 1. The molecule has 0 bridgehead atoms. The van der Waals surface area contributed by atoms with Crippen LogP contribution in [0.5, 0.6) is 17.5 Å². The molecule has 0 spiro atoms. The van der Waals surface area contributed by atoms with Crippen molar-refractivity contribution in [2.75, 3.05) is 4.90 Å². The fourth-order valence-electron chi connectivity index (χ4n) is 7.64. The molecule has 2 aliphatic rings. The molecular weight excluding hydrogens is 592 g/mol. The van der Waals surface area contributed by atoms with Gasteiger partial charge in [-0.15, -0.1) is 0 Å². The third-order valence-corrected chi connectivity index (χ3v) is 10.2. The second-order valence-electron chi connectivity index (χ2n) is 15.6. The number of phenolic OH excluding ortho intramolecular Hbond substituents is 1. The lowest BCUT2D eigenvalue weighted by atomic mass is 9.80. The molecule has 3 aromatic carbocycles. The number of nitrogens with zero attached hydrogens (tertiary/aromatic N) is 4. The van der Waals surface area contributed by atoms with Gasteiger partial charge in [0.05, 0.1) is 12.1 Å². The number of aromatic hydroxyl groups is 1. The molecule has 5 aromatic rings. The maximum Gasteiger partial charge on any atom is 0.221 e. The van der Waals surface area contributed by atoms with Gasteiger partial charge in [0.25, 0.3) is 0 Å². The van der Waals surface area contributed by atoms with Gasteiger partial charge < -0.3 is 14.7 Å². The molecule has 0 saturated carbocycles. The number of hydrogen-bond acceptors (Lipinski definition) is 6. The van der Waals surface area contributed by atoms with E-state index in [1.807, 2.05) is 24.3 Å². The molecule has 7 rings (SSSR count). The number of amidine groups is 1. The molecule has 3 heterocycles. The van der Waals surface area contributed by atoms with Crippen molar-refractivity contribution in [1.82, 2.24) is 9.97 Å². The zero-order valence-electron chi connectivity index (χ0n) is 29.5. The van der Waals surface area contributed by atoms with E-state index in [1.165, 1.54) is 27.9 Å². The highest BCUT2D eigenvalue weighted by atomic mass is 16.5. The lowest BCUT2D eigenvalue weighted by Gasteiger charge is -2.40. The van der Waals surface area contributed by atoms with Crippen molar-refractivity contribution in [1.29, 1.82) is 0 Å². The molecule has 48 heavy (non-hydrogen) atoms. The zero-order valence-corrected chi connectivity index (χ0v) is 29.5. The first kappa shape index (κ1) is 31.9. The van der Waals surface area contributed by atoms with Gasteiger partial charge in [-0.1, -0.05) is 105 Å². The van der Waals surface area contributed by atoms with Crippen molar-refractivity contribution in [3.05, 3.63) is 118 Å². The van der Waals surface area contributed by atoms with Gasteiger partial charge in [-0.05, 0) is 69.3 Å². The summed E-state index contributed by atoms with van der Waals surface area (Å²) in [7, 11) is 0. The van der Waals surface area contributed by atoms with Gasteiger partial charge in [-0.2, -0.15) is 0 Å². The highest BCUT2D eigenvalue weighted by molar-refractivity contribution is 6.13. The largest absolute Gasteiger partial charge is 0.506 e. The van der Waals surface area contributed by atoms with Crippen molar-refractivity contribution in [3.63, 3.8) is 0 Å². The van der Waals surface area contributed by atoms with E-state index in [-0.39, 0.29) is 28.7 Å². The number of aromatic nitrogens is 2. The number of pyridine rings is 2. The molecule has 0 fully saturated rings. The number of phenols is 1. The van der Waals surface area contributed by atoms with Crippen LogP contribution in [0.3, 0.4) is 0 Å². The van der Waals surface area contributed by atoms with E-state index in [9.17, 15) is 5.11 Å². The van der Waals surface area contributed by atoms with Crippen LogP contribution in [0.4, 0.5) is 5.69 Å². The Labute approximate surface area is 284 Å². The van der Waals surface area contributed by atoms with Crippen molar-refractivity contribution < 1.29 is 9.84 Å². The monoisotopic (exact) mass is 638 g/mol. The minimum absolute atomic E-state index is 0.00733. The average molecular weight is 639 g/mol. The fraction of sp³-hybridized carbons (Fsp3) is 0.357. The molecule has 1 N–H and O–H groups in total. The first-order valence-electron chi connectivity index (χ1n) is 17.1. The van der Waals surface area contributed by atoms with Gasteiger partial charge in [0.15, 0.2) is 0 Å². The molecule has 6 heteroatoms. The fourth-order valence-corrected chi connectivity index (χ4v) is 7.64. The second-order valence-corrected chi connectivity index (χ2v) is 15.6. The molecule has 0 unspecified atom stereocenters. The van der Waals surface area contributed by atoms with E-state index in [0.29, 0.717) is 29.1 Å². The van der Waals surface area contributed by atoms with Gasteiger partial charge in [-0.25, -0.2) is 9.97 Å². The van der Waals surface area contributed by atoms with Gasteiger partial charge in [0.2, 0.25) is 11.8 Å². The molecule has 246 valence electrons. The summed E-state index contributed by atoms with van der Waals surface area (Å²) in [6, 6.07) is 27.3. The zero-order chi connectivity index (χ0) is 34.1. The first-order chi connectivity index (χ1) is 22.8. The van der Waals surface area contributed by atoms with E-state index in [4.69, 9.17) is 9.73 Å². The summed E-state index contributed by atoms with van der Waals surface area (Å²) in [4.78, 5) is 17.4. The lowest BCUT2D eigenvalue weighted by molar-refractivity contribution is 0.418. The molecule has 1 aliphatic heterocycles. The summed E-state index contributed by atoms with van der Waals surface area (Å²) in [6.45, 7) is 20.2. The Morgan fingerprint density at radius 3 is 2.23 bits per heavy atom. The maximum absolute atomic E-state index is 10.9. The molecule has 2 atom stereocenters. The molecule has 1 aliphatic carbocycles. The van der Waals surface area contributed by atoms with Crippen LogP contribution in [0, 0.1) is 0 Å². The molecule has 0 radical (unpaired) electrons. The normalized spacial score (nSPS) is 18.4. The van der Waals surface area contributed by atoms with Crippen LogP contribution in [0.2, 0.25) is 0 Å². The molecule has 2 aromatic heterocycles. The van der Waals surface area contributed by atoms with Gasteiger partial charge in [0, 0.05) is 40.4 Å².